The highest BCUT2D eigenvalue weighted by molar-refractivity contribution is 6.46. The lowest BCUT2D eigenvalue weighted by Gasteiger charge is -2.29. The van der Waals surface area contributed by atoms with Crippen LogP contribution in [0.4, 0.5) is 0 Å². The molecule has 1 N–H and O–H groups in total. The lowest BCUT2D eigenvalue weighted by Crippen LogP contribution is -2.38. The summed E-state index contributed by atoms with van der Waals surface area (Å²) in [7, 11) is 0. The molecule has 2 aliphatic rings. The van der Waals surface area contributed by atoms with Gasteiger partial charge in [-0.2, -0.15) is 0 Å². The minimum absolute atomic E-state index is 0.0888. The van der Waals surface area contributed by atoms with Crippen molar-refractivity contribution < 1.29 is 24.2 Å². The molecule has 0 saturated carbocycles. The standard InChI is InChI=1S/C27H31ClN2O5/c1-2-16-35-22-10-6-20(7-11-22)25(31)23-24(19-4-8-21(28)9-5-19)30(27(33)26(23)32)13-3-12-29-14-17-34-18-15-29/h4-11,24,31H,2-3,12-18H2,1H3/t24-/m0/s1. The number of halogens is 1. The molecule has 1 amide bonds. The van der Waals surface area contributed by atoms with Crippen molar-refractivity contribution in [2.75, 3.05) is 46.0 Å². The number of carbonyl (C=O) groups is 2. The average Bonchev–Trinajstić information content (AvgIpc) is 3.13. The van der Waals surface area contributed by atoms with E-state index in [1.807, 2.05) is 6.92 Å². The molecule has 2 aromatic carbocycles. The molecule has 35 heavy (non-hydrogen) atoms. The molecule has 2 fully saturated rings. The molecule has 0 unspecified atom stereocenters. The van der Waals surface area contributed by atoms with Gasteiger partial charge in [0.25, 0.3) is 11.7 Å². The molecule has 0 bridgehead atoms. The molecule has 8 heteroatoms. The number of nitrogens with zero attached hydrogens (tertiary/aromatic N) is 2. The first-order valence-electron chi connectivity index (χ1n) is 12.1. The summed E-state index contributed by atoms with van der Waals surface area (Å²) in [5, 5.41) is 11.8. The Morgan fingerprint density at radius 3 is 2.40 bits per heavy atom. The number of amides is 1. The Hall–Kier alpha value is -2.87. The lowest BCUT2D eigenvalue weighted by atomic mass is 9.95. The zero-order chi connectivity index (χ0) is 24.8. The largest absolute Gasteiger partial charge is 0.507 e. The van der Waals surface area contributed by atoms with Crippen LogP contribution in [-0.2, 0) is 14.3 Å². The first kappa shape index (κ1) is 25.2. The zero-order valence-corrected chi connectivity index (χ0v) is 20.7. The van der Waals surface area contributed by atoms with Crippen LogP contribution < -0.4 is 4.74 Å². The Kier molecular flexibility index (Phi) is 8.44. The van der Waals surface area contributed by atoms with E-state index in [1.54, 1.807) is 53.4 Å². The van der Waals surface area contributed by atoms with Crippen LogP contribution >= 0.6 is 11.6 Å². The van der Waals surface area contributed by atoms with E-state index < -0.39 is 17.7 Å². The van der Waals surface area contributed by atoms with Gasteiger partial charge in [-0.3, -0.25) is 14.5 Å². The predicted molar refractivity (Wildman–Crippen MR) is 135 cm³/mol. The van der Waals surface area contributed by atoms with E-state index in [4.69, 9.17) is 21.1 Å². The number of benzene rings is 2. The highest BCUT2D eigenvalue weighted by atomic mass is 35.5. The Morgan fingerprint density at radius 2 is 1.74 bits per heavy atom. The Bertz CT molecular complexity index is 1060. The predicted octanol–water partition coefficient (Wildman–Crippen LogP) is 4.27. The molecule has 2 aliphatic heterocycles. The molecular formula is C27H31ClN2O5. The third kappa shape index (κ3) is 5.86. The number of ketones is 1. The first-order chi connectivity index (χ1) is 17.0. The summed E-state index contributed by atoms with van der Waals surface area (Å²) in [6.07, 6.45) is 1.60. The highest BCUT2D eigenvalue weighted by Crippen LogP contribution is 2.40. The second-order valence-electron chi connectivity index (χ2n) is 8.72. The molecule has 7 nitrogen and oxygen atoms in total. The quantitative estimate of drug-likeness (QED) is 0.316. The maximum Gasteiger partial charge on any atom is 0.295 e. The fourth-order valence-corrected chi connectivity index (χ4v) is 4.60. The number of aliphatic hydroxyl groups excluding tert-OH is 1. The number of morpholine rings is 1. The van der Waals surface area contributed by atoms with Crippen LogP contribution in [0.1, 0.15) is 36.9 Å². The van der Waals surface area contributed by atoms with Crippen LogP contribution in [0.5, 0.6) is 5.75 Å². The van der Waals surface area contributed by atoms with Crippen molar-refractivity contribution in [2.24, 2.45) is 0 Å². The molecule has 2 aromatic rings. The number of ether oxygens (including phenoxy) is 2. The van der Waals surface area contributed by atoms with Crippen molar-refractivity contribution in [2.45, 2.75) is 25.8 Å². The Balaban J connectivity index is 1.63. The molecule has 0 spiro atoms. The van der Waals surface area contributed by atoms with Crippen molar-refractivity contribution in [3.8, 4) is 5.75 Å². The monoisotopic (exact) mass is 498 g/mol. The SMILES string of the molecule is CCCOc1ccc(C(O)=C2C(=O)C(=O)N(CCCN3CCOCC3)[C@H]2c2ccc(Cl)cc2)cc1. The van der Waals surface area contributed by atoms with Gasteiger partial charge >= 0.3 is 0 Å². The molecule has 0 aromatic heterocycles. The zero-order valence-electron chi connectivity index (χ0n) is 19.9. The van der Waals surface area contributed by atoms with Gasteiger partial charge in [0.15, 0.2) is 0 Å². The highest BCUT2D eigenvalue weighted by Gasteiger charge is 2.45. The van der Waals surface area contributed by atoms with Crippen LogP contribution in [0, 0.1) is 0 Å². The smallest absolute Gasteiger partial charge is 0.295 e. The van der Waals surface area contributed by atoms with Gasteiger partial charge < -0.3 is 19.5 Å². The molecule has 1 atom stereocenters. The minimum Gasteiger partial charge on any atom is -0.507 e. The topological polar surface area (TPSA) is 79.3 Å². The van der Waals surface area contributed by atoms with Crippen molar-refractivity contribution in [1.82, 2.24) is 9.80 Å². The van der Waals surface area contributed by atoms with Gasteiger partial charge in [0.05, 0.1) is 31.4 Å². The minimum atomic E-state index is -0.687. The lowest BCUT2D eigenvalue weighted by molar-refractivity contribution is -0.140. The fraction of sp³-hybridized carbons (Fsp3) is 0.407. The van der Waals surface area contributed by atoms with Gasteiger partial charge in [0.2, 0.25) is 0 Å². The maximum absolute atomic E-state index is 13.2. The third-order valence-electron chi connectivity index (χ3n) is 6.30. The van der Waals surface area contributed by atoms with Gasteiger partial charge in [-0.1, -0.05) is 30.7 Å². The molecule has 0 radical (unpaired) electrons. The molecule has 0 aliphatic carbocycles. The van der Waals surface area contributed by atoms with Crippen LogP contribution in [0.25, 0.3) is 5.76 Å². The summed E-state index contributed by atoms with van der Waals surface area (Å²) >= 11 is 6.09. The Morgan fingerprint density at radius 1 is 1.06 bits per heavy atom. The summed E-state index contributed by atoms with van der Waals surface area (Å²) in [5.74, 6) is -0.793. The summed E-state index contributed by atoms with van der Waals surface area (Å²) in [5.41, 5.74) is 1.27. The van der Waals surface area contributed by atoms with E-state index >= 15 is 0 Å². The number of rotatable bonds is 9. The summed E-state index contributed by atoms with van der Waals surface area (Å²) in [6, 6.07) is 13.3. The van der Waals surface area contributed by atoms with Gasteiger partial charge in [0, 0.05) is 36.8 Å². The van der Waals surface area contributed by atoms with Crippen molar-refractivity contribution in [1.29, 1.82) is 0 Å². The molecule has 4 rings (SSSR count). The Labute approximate surface area is 210 Å². The first-order valence-corrected chi connectivity index (χ1v) is 12.4. The van der Waals surface area contributed by atoms with Gasteiger partial charge in [-0.15, -0.1) is 0 Å². The van der Waals surface area contributed by atoms with Crippen molar-refractivity contribution in [3.63, 3.8) is 0 Å². The fourth-order valence-electron chi connectivity index (χ4n) is 4.48. The van der Waals surface area contributed by atoms with Crippen LogP contribution in [0.15, 0.2) is 54.1 Å². The van der Waals surface area contributed by atoms with Crippen LogP contribution in [0.3, 0.4) is 0 Å². The second kappa shape index (κ2) is 11.7. The van der Waals surface area contributed by atoms with Crippen molar-refractivity contribution in [3.05, 3.63) is 70.3 Å². The van der Waals surface area contributed by atoms with Crippen LogP contribution in [0.2, 0.25) is 5.02 Å². The molecule has 2 saturated heterocycles. The summed E-state index contributed by atoms with van der Waals surface area (Å²) in [6.45, 7) is 6.95. The maximum atomic E-state index is 13.2. The summed E-state index contributed by atoms with van der Waals surface area (Å²) < 4.78 is 11.0. The number of carbonyl (C=O) groups excluding carboxylic acids is 2. The normalized spacial score (nSPS) is 20.4. The second-order valence-corrected chi connectivity index (χ2v) is 9.16. The third-order valence-corrected chi connectivity index (χ3v) is 6.56. The number of likely N-dealkylation sites (tertiary alicyclic amines) is 1. The van der Waals surface area contributed by atoms with E-state index in [2.05, 4.69) is 4.90 Å². The van der Waals surface area contributed by atoms with Gasteiger partial charge in [0.1, 0.15) is 11.5 Å². The number of hydrogen-bond donors (Lipinski definition) is 1. The summed E-state index contributed by atoms with van der Waals surface area (Å²) in [4.78, 5) is 30.1. The average molecular weight is 499 g/mol. The number of Topliss-reactive ketones (excluding diaryl/α,β-unsaturated/α-hetero) is 1. The van der Waals surface area contributed by atoms with E-state index in [0.29, 0.717) is 49.1 Å². The van der Waals surface area contributed by atoms with Gasteiger partial charge in [-0.05, 0) is 54.8 Å². The van der Waals surface area contributed by atoms with E-state index in [0.717, 1.165) is 31.6 Å². The van der Waals surface area contributed by atoms with Crippen LogP contribution in [-0.4, -0.2) is 72.6 Å². The van der Waals surface area contributed by atoms with Crippen molar-refractivity contribution >= 4 is 29.1 Å². The molecule has 2 heterocycles. The number of hydrogen-bond acceptors (Lipinski definition) is 6. The molecule has 186 valence electrons. The molecular weight excluding hydrogens is 468 g/mol. The van der Waals surface area contributed by atoms with E-state index in [9.17, 15) is 14.7 Å². The number of aliphatic hydroxyl groups is 1. The van der Waals surface area contributed by atoms with E-state index in [-0.39, 0.29) is 11.3 Å². The van der Waals surface area contributed by atoms with Gasteiger partial charge in [-0.25, -0.2) is 0 Å². The van der Waals surface area contributed by atoms with E-state index in [1.165, 1.54) is 0 Å².